The van der Waals surface area contributed by atoms with Crippen LogP contribution < -0.4 is 5.32 Å². The Morgan fingerprint density at radius 2 is 2.10 bits per heavy atom. The molecule has 3 rings (SSSR count). The molecule has 1 heterocycles. The lowest BCUT2D eigenvalue weighted by Crippen LogP contribution is -2.38. The van der Waals surface area contributed by atoms with Crippen molar-refractivity contribution in [1.29, 1.82) is 0 Å². The van der Waals surface area contributed by atoms with Gasteiger partial charge >= 0.3 is 0 Å². The van der Waals surface area contributed by atoms with Crippen LogP contribution >= 0.6 is 0 Å². The Morgan fingerprint density at radius 1 is 1.33 bits per heavy atom. The Bertz CT molecular complexity index is 543. The summed E-state index contributed by atoms with van der Waals surface area (Å²) in [6.07, 6.45) is 6.50. The molecule has 1 fully saturated rings. The van der Waals surface area contributed by atoms with Crippen molar-refractivity contribution in [3.05, 3.63) is 48.3 Å². The standard InChI is InChI=1S/C17H24N4/c1-14(20(2)16-8-9-16)12-18-13-15-4-6-17(7-5-15)21-11-3-10-19-21/h3-7,10-11,14,16,18H,8-9,12-13H2,1-2H3. The highest BCUT2D eigenvalue weighted by molar-refractivity contribution is 5.33. The Labute approximate surface area is 126 Å². The minimum absolute atomic E-state index is 0.598. The second kappa shape index (κ2) is 6.41. The molecule has 1 aromatic heterocycles. The molecule has 4 nitrogen and oxygen atoms in total. The Balaban J connectivity index is 1.47. The highest BCUT2D eigenvalue weighted by Gasteiger charge is 2.28. The minimum Gasteiger partial charge on any atom is -0.311 e. The number of hydrogen-bond acceptors (Lipinski definition) is 3. The van der Waals surface area contributed by atoms with E-state index in [1.165, 1.54) is 18.4 Å². The summed E-state index contributed by atoms with van der Waals surface area (Å²) in [7, 11) is 2.24. The number of likely N-dealkylation sites (N-methyl/N-ethyl adjacent to an activating group) is 1. The average Bonchev–Trinajstić information content (AvgIpc) is 3.22. The lowest BCUT2D eigenvalue weighted by molar-refractivity contribution is 0.241. The van der Waals surface area contributed by atoms with Gasteiger partial charge in [0.15, 0.2) is 0 Å². The molecular formula is C17H24N4. The first kappa shape index (κ1) is 14.3. The molecular weight excluding hydrogens is 260 g/mol. The van der Waals surface area contributed by atoms with E-state index in [-0.39, 0.29) is 0 Å². The van der Waals surface area contributed by atoms with Gasteiger partial charge in [-0.25, -0.2) is 4.68 Å². The van der Waals surface area contributed by atoms with Crippen LogP contribution in [0.15, 0.2) is 42.7 Å². The van der Waals surface area contributed by atoms with E-state index in [0.717, 1.165) is 24.8 Å². The van der Waals surface area contributed by atoms with Crippen molar-refractivity contribution >= 4 is 0 Å². The average molecular weight is 284 g/mol. The molecule has 0 bridgehead atoms. The van der Waals surface area contributed by atoms with E-state index in [1.54, 1.807) is 6.20 Å². The van der Waals surface area contributed by atoms with Gasteiger partial charge in [-0.15, -0.1) is 0 Å². The highest BCUT2D eigenvalue weighted by atomic mass is 15.3. The maximum atomic E-state index is 4.24. The van der Waals surface area contributed by atoms with Crippen LogP contribution in [0, 0.1) is 0 Å². The summed E-state index contributed by atoms with van der Waals surface area (Å²) in [6, 6.07) is 11.9. The van der Waals surface area contributed by atoms with Crippen LogP contribution in [0.2, 0.25) is 0 Å². The first-order valence-electron chi connectivity index (χ1n) is 7.75. The molecule has 112 valence electrons. The zero-order valence-electron chi connectivity index (χ0n) is 12.9. The summed E-state index contributed by atoms with van der Waals surface area (Å²) in [4.78, 5) is 2.49. The number of benzene rings is 1. The molecule has 21 heavy (non-hydrogen) atoms. The van der Waals surface area contributed by atoms with Crippen LogP contribution in [0.4, 0.5) is 0 Å². The van der Waals surface area contributed by atoms with Gasteiger partial charge in [0.05, 0.1) is 5.69 Å². The molecule has 1 saturated carbocycles. The zero-order valence-corrected chi connectivity index (χ0v) is 12.9. The molecule has 0 amide bonds. The van der Waals surface area contributed by atoms with Gasteiger partial charge in [-0.2, -0.15) is 5.10 Å². The normalized spacial score (nSPS) is 16.3. The SMILES string of the molecule is CC(CNCc1ccc(-n2cccn2)cc1)N(C)C1CC1. The van der Waals surface area contributed by atoms with Crippen LogP contribution in [0.1, 0.15) is 25.3 Å². The molecule has 1 aromatic carbocycles. The predicted octanol–water partition coefficient (Wildman–Crippen LogP) is 2.44. The first-order valence-corrected chi connectivity index (χ1v) is 7.75. The van der Waals surface area contributed by atoms with Gasteiger partial charge in [-0.1, -0.05) is 12.1 Å². The molecule has 0 spiro atoms. The Hall–Kier alpha value is -1.65. The monoisotopic (exact) mass is 284 g/mol. The maximum absolute atomic E-state index is 4.24. The first-order chi connectivity index (χ1) is 10.2. The summed E-state index contributed by atoms with van der Waals surface area (Å²) in [5.74, 6) is 0. The summed E-state index contributed by atoms with van der Waals surface area (Å²) < 4.78 is 1.88. The van der Waals surface area contributed by atoms with Crippen molar-refractivity contribution in [1.82, 2.24) is 20.0 Å². The number of hydrogen-bond donors (Lipinski definition) is 1. The molecule has 0 saturated heterocycles. The predicted molar refractivity (Wildman–Crippen MR) is 85.5 cm³/mol. The van der Waals surface area contributed by atoms with Crippen LogP contribution in [-0.4, -0.2) is 40.4 Å². The fourth-order valence-electron chi connectivity index (χ4n) is 2.60. The van der Waals surface area contributed by atoms with Gasteiger partial charge < -0.3 is 5.32 Å². The quantitative estimate of drug-likeness (QED) is 0.848. The lowest BCUT2D eigenvalue weighted by atomic mass is 10.2. The number of nitrogens with one attached hydrogen (secondary N) is 1. The van der Waals surface area contributed by atoms with Crippen molar-refractivity contribution in [2.75, 3.05) is 13.6 Å². The lowest BCUT2D eigenvalue weighted by Gasteiger charge is -2.24. The largest absolute Gasteiger partial charge is 0.311 e. The van der Waals surface area contributed by atoms with E-state index in [4.69, 9.17) is 0 Å². The van der Waals surface area contributed by atoms with Gasteiger partial charge in [0.25, 0.3) is 0 Å². The number of rotatable bonds is 7. The molecule has 0 aliphatic heterocycles. The molecule has 4 heteroatoms. The highest BCUT2D eigenvalue weighted by Crippen LogP contribution is 2.26. The van der Waals surface area contributed by atoms with E-state index >= 15 is 0 Å². The van der Waals surface area contributed by atoms with E-state index in [2.05, 4.69) is 53.6 Å². The molecule has 0 radical (unpaired) electrons. The van der Waals surface area contributed by atoms with Crippen molar-refractivity contribution < 1.29 is 0 Å². The molecule has 1 unspecified atom stereocenters. The smallest absolute Gasteiger partial charge is 0.0645 e. The molecule has 2 aromatic rings. The van der Waals surface area contributed by atoms with E-state index in [1.807, 2.05) is 16.9 Å². The third kappa shape index (κ3) is 3.71. The number of aromatic nitrogens is 2. The molecule has 1 aliphatic carbocycles. The second-order valence-corrected chi connectivity index (χ2v) is 5.99. The van der Waals surface area contributed by atoms with Crippen LogP contribution in [0.5, 0.6) is 0 Å². The summed E-state index contributed by atoms with van der Waals surface area (Å²) in [6.45, 7) is 4.25. The van der Waals surface area contributed by atoms with Gasteiger partial charge in [0.1, 0.15) is 0 Å². The number of nitrogens with zero attached hydrogens (tertiary/aromatic N) is 3. The van der Waals surface area contributed by atoms with Crippen LogP contribution in [-0.2, 0) is 6.54 Å². The Morgan fingerprint density at radius 3 is 2.71 bits per heavy atom. The Kier molecular flexibility index (Phi) is 4.36. The topological polar surface area (TPSA) is 33.1 Å². The van der Waals surface area contributed by atoms with Crippen molar-refractivity contribution in [3.63, 3.8) is 0 Å². The third-order valence-corrected chi connectivity index (χ3v) is 4.29. The van der Waals surface area contributed by atoms with Crippen molar-refractivity contribution in [2.45, 2.75) is 38.4 Å². The van der Waals surface area contributed by atoms with E-state index in [9.17, 15) is 0 Å². The molecule has 1 atom stereocenters. The second-order valence-electron chi connectivity index (χ2n) is 5.99. The van der Waals surface area contributed by atoms with E-state index < -0.39 is 0 Å². The fraction of sp³-hybridized carbons (Fsp3) is 0.471. The summed E-state index contributed by atoms with van der Waals surface area (Å²) in [5.41, 5.74) is 2.41. The van der Waals surface area contributed by atoms with Gasteiger partial charge in [-0.3, -0.25) is 4.90 Å². The van der Waals surface area contributed by atoms with Gasteiger partial charge in [0.2, 0.25) is 0 Å². The minimum atomic E-state index is 0.598. The summed E-state index contributed by atoms with van der Waals surface area (Å²) >= 11 is 0. The molecule has 1 aliphatic rings. The summed E-state index contributed by atoms with van der Waals surface area (Å²) in [5, 5.41) is 7.79. The van der Waals surface area contributed by atoms with Crippen molar-refractivity contribution in [2.24, 2.45) is 0 Å². The molecule has 1 N–H and O–H groups in total. The van der Waals surface area contributed by atoms with Gasteiger partial charge in [-0.05, 0) is 50.6 Å². The fourth-order valence-corrected chi connectivity index (χ4v) is 2.60. The van der Waals surface area contributed by atoms with Gasteiger partial charge in [0, 0.05) is 37.6 Å². The zero-order chi connectivity index (χ0) is 14.7. The van der Waals surface area contributed by atoms with E-state index in [0.29, 0.717) is 6.04 Å². The van der Waals surface area contributed by atoms with Crippen molar-refractivity contribution in [3.8, 4) is 5.69 Å². The van der Waals surface area contributed by atoms with Crippen LogP contribution in [0.3, 0.4) is 0 Å². The third-order valence-electron chi connectivity index (χ3n) is 4.29. The maximum Gasteiger partial charge on any atom is 0.0645 e. The van der Waals surface area contributed by atoms with Crippen LogP contribution in [0.25, 0.3) is 5.69 Å².